The van der Waals surface area contributed by atoms with E-state index < -0.39 is 0 Å². The van der Waals surface area contributed by atoms with E-state index in [4.69, 9.17) is 0 Å². The molecular formula is C15H17BrN2OSe. The number of ketones is 1. The van der Waals surface area contributed by atoms with Crippen molar-refractivity contribution < 1.29 is 4.79 Å². The summed E-state index contributed by atoms with van der Waals surface area (Å²) < 4.78 is 3.20. The van der Waals surface area contributed by atoms with Crippen molar-refractivity contribution in [1.29, 1.82) is 0 Å². The summed E-state index contributed by atoms with van der Waals surface area (Å²) in [6, 6.07) is 7.85. The van der Waals surface area contributed by atoms with Gasteiger partial charge in [0.1, 0.15) is 0 Å². The molecule has 0 saturated carbocycles. The molecule has 0 amide bonds. The van der Waals surface area contributed by atoms with E-state index in [0.717, 1.165) is 33.4 Å². The maximum absolute atomic E-state index is 11.9. The van der Waals surface area contributed by atoms with Crippen molar-refractivity contribution in [2.75, 3.05) is 13.1 Å². The summed E-state index contributed by atoms with van der Waals surface area (Å²) in [5.41, 5.74) is 1.74. The molecule has 1 aliphatic rings. The number of rotatable bonds is 5. The number of aliphatic imine (C=N–C) groups is 1. The molecule has 0 fully saturated rings. The van der Waals surface area contributed by atoms with Gasteiger partial charge in [0.05, 0.1) is 0 Å². The Bertz CT molecular complexity index is 574. The molecule has 0 atom stereocenters. The van der Waals surface area contributed by atoms with Gasteiger partial charge in [-0.1, -0.05) is 0 Å². The number of carbonyl (C=O) groups is 1. The molecule has 1 heterocycles. The van der Waals surface area contributed by atoms with E-state index in [0.29, 0.717) is 0 Å². The van der Waals surface area contributed by atoms with E-state index in [1.807, 2.05) is 24.3 Å². The van der Waals surface area contributed by atoms with Gasteiger partial charge in [-0.2, -0.15) is 0 Å². The Labute approximate surface area is 134 Å². The molecule has 0 spiro atoms. The standard InChI is InChI=1S/C15H17BrN2OSe/c1-4-18(5-2)15-13(10(3)19)14(20-15)17-12-8-6-11(16)7-9-12/h6-9H,4-5H2,1-3H3. The molecular weight excluding hydrogens is 383 g/mol. The first-order valence-electron chi connectivity index (χ1n) is 6.59. The number of halogens is 1. The first kappa shape index (κ1) is 15.5. The second-order valence-electron chi connectivity index (χ2n) is 4.40. The van der Waals surface area contributed by atoms with Crippen molar-refractivity contribution in [2.24, 2.45) is 4.99 Å². The molecule has 5 heteroatoms. The second-order valence-corrected chi connectivity index (χ2v) is 7.37. The minimum absolute atomic E-state index is 0.121. The summed E-state index contributed by atoms with van der Waals surface area (Å²) in [6.45, 7) is 7.75. The van der Waals surface area contributed by atoms with Crippen molar-refractivity contribution >= 4 is 47.0 Å². The monoisotopic (exact) mass is 400 g/mol. The zero-order chi connectivity index (χ0) is 14.7. The van der Waals surface area contributed by atoms with Crippen LogP contribution < -0.4 is 0 Å². The Morgan fingerprint density at radius 3 is 2.35 bits per heavy atom. The van der Waals surface area contributed by atoms with Gasteiger partial charge < -0.3 is 0 Å². The van der Waals surface area contributed by atoms with Crippen molar-refractivity contribution in [3.8, 4) is 0 Å². The average Bonchev–Trinajstić information content (AvgIpc) is 2.39. The predicted octanol–water partition coefficient (Wildman–Crippen LogP) is 3.34. The summed E-state index contributed by atoms with van der Waals surface area (Å²) in [6.07, 6.45) is 0. The van der Waals surface area contributed by atoms with Crippen LogP contribution in [0.4, 0.5) is 5.69 Å². The Morgan fingerprint density at radius 1 is 1.25 bits per heavy atom. The molecule has 0 radical (unpaired) electrons. The van der Waals surface area contributed by atoms with Crippen LogP contribution in [-0.4, -0.2) is 43.3 Å². The van der Waals surface area contributed by atoms with E-state index in [-0.39, 0.29) is 20.7 Å². The topological polar surface area (TPSA) is 32.7 Å². The molecule has 106 valence electrons. The van der Waals surface area contributed by atoms with Crippen LogP contribution in [-0.2, 0) is 4.79 Å². The Hall–Kier alpha value is -0.901. The predicted molar refractivity (Wildman–Crippen MR) is 87.6 cm³/mol. The molecule has 0 saturated heterocycles. The fourth-order valence-corrected chi connectivity index (χ4v) is 4.88. The van der Waals surface area contributed by atoms with E-state index in [9.17, 15) is 4.79 Å². The van der Waals surface area contributed by atoms with Crippen LogP contribution >= 0.6 is 15.9 Å². The first-order valence-corrected chi connectivity index (χ1v) is 9.10. The maximum atomic E-state index is 11.9. The van der Waals surface area contributed by atoms with Gasteiger partial charge >= 0.3 is 134 Å². The number of Topliss-reactive ketones (excluding diaryl/α,β-unsaturated/α-hetero) is 1. The zero-order valence-corrected chi connectivity index (χ0v) is 15.1. The summed E-state index contributed by atoms with van der Waals surface area (Å²) in [5.74, 6) is 0.121. The van der Waals surface area contributed by atoms with Gasteiger partial charge in [-0.05, 0) is 0 Å². The average molecular weight is 400 g/mol. The summed E-state index contributed by atoms with van der Waals surface area (Å²) in [7, 11) is 0. The van der Waals surface area contributed by atoms with Crippen LogP contribution in [0.3, 0.4) is 0 Å². The van der Waals surface area contributed by atoms with Gasteiger partial charge in [-0.25, -0.2) is 0 Å². The number of allylic oxidation sites excluding steroid dienone is 1. The molecule has 1 aliphatic heterocycles. The number of carbonyl (C=O) groups excluding carboxylic acids is 1. The van der Waals surface area contributed by atoms with E-state index >= 15 is 0 Å². The van der Waals surface area contributed by atoms with Gasteiger partial charge in [-0.3, -0.25) is 0 Å². The number of benzene rings is 1. The summed E-state index contributed by atoms with van der Waals surface area (Å²) in [5, 5.41) is 0. The second kappa shape index (κ2) is 6.70. The Morgan fingerprint density at radius 2 is 1.85 bits per heavy atom. The summed E-state index contributed by atoms with van der Waals surface area (Å²) >= 11 is 3.59. The van der Waals surface area contributed by atoms with Crippen LogP contribution in [0.15, 0.2) is 43.9 Å². The van der Waals surface area contributed by atoms with E-state index in [1.165, 1.54) is 4.60 Å². The fraction of sp³-hybridized carbons (Fsp3) is 0.333. The molecule has 1 aromatic carbocycles. The Balaban J connectivity index is 2.31. The van der Waals surface area contributed by atoms with Crippen LogP contribution in [0.5, 0.6) is 0 Å². The van der Waals surface area contributed by atoms with Gasteiger partial charge in [0.15, 0.2) is 0 Å². The van der Waals surface area contributed by atoms with Crippen LogP contribution in [0.25, 0.3) is 0 Å². The van der Waals surface area contributed by atoms with Crippen molar-refractivity contribution in [3.63, 3.8) is 0 Å². The van der Waals surface area contributed by atoms with Gasteiger partial charge in [0.2, 0.25) is 0 Å². The summed E-state index contributed by atoms with van der Waals surface area (Å²) in [4.78, 5) is 18.8. The van der Waals surface area contributed by atoms with Crippen LogP contribution in [0.1, 0.15) is 20.8 Å². The third-order valence-electron chi connectivity index (χ3n) is 3.08. The van der Waals surface area contributed by atoms with Crippen LogP contribution in [0.2, 0.25) is 0 Å². The molecule has 0 aromatic heterocycles. The molecule has 0 bridgehead atoms. The number of nitrogens with zero attached hydrogens (tertiary/aromatic N) is 2. The number of hydrogen-bond acceptors (Lipinski definition) is 3. The first-order chi connectivity index (χ1) is 9.56. The molecule has 0 aliphatic carbocycles. The van der Waals surface area contributed by atoms with Crippen molar-refractivity contribution in [2.45, 2.75) is 20.8 Å². The van der Waals surface area contributed by atoms with Gasteiger partial charge in [0, 0.05) is 0 Å². The fourth-order valence-electron chi connectivity index (χ4n) is 1.99. The van der Waals surface area contributed by atoms with Crippen molar-refractivity contribution in [1.82, 2.24) is 4.90 Å². The molecule has 0 N–H and O–H groups in total. The minimum atomic E-state index is 0.121. The Kier molecular flexibility index (Phi) is 5.19. The molecule has 1 aromatic rings. The SMILES string of the molecule is CCN(CC)C1=C(C(C)=O)C(=Nc2ccc(Br)cc2)[Se]1. The molecule has 0 unspecified atom stereocenters. The van der Waals surface area contributed by atoms with Crippen molar-refractivity contribution in [3.05, 3.63) is 38.9 Å². The quantitative estimate of drug-likeness (QED) is 0.711. The molecule has 2 rings (SSSR count). The third kappa shape index (κ3) is 3.22. The van der Waals surface area contributed by atoms with E-state index in [1.54, 1.807) is 6.92 Å². The molecule has 20 heavy (non-hydrogen) atoms. The van der Waals surface area contributed by atoms with Gasteiger partial charge in [-0.15, -0.1) is 0 Å². The van der Waals surface area contributed by atoms with E-state index in [2.05, 4.69) is 39.7 Å². The zero-order valence-electron chi connectivity index (χ0n) is 11.8. The normalized spacial score (nSPS) is 16.3. The third-order valence-corrected chi connectivity index (χ3v) is 6.01. The number of hydrogen-bond donors (Lipinski definition) is 0. The van der Waals surface area contributed by atoms with Crippen LogP contribution in [0, 0.1) is 0 Å². The molecule has 3 nitrogen and oxygen atoms in total. The van der Waals surface area contributed by atoms with Gasteiger partial charge in [0.25, 0.3) is 0 Å².